The van der Waals surface area contributed by atoms with Gasteiger partial charge in [0.2, 0.25) is 5.91 Å². The molecule has 2 rings (SSSR count). The van der Waals surface area contributed by atoms with Gasteiger partial charge < -0.3 is 25.5 Å². The van der Waals surface area contributed by atoms with Crippen molar-refractivity contribution in [3.8, 4) is 17.2 Å². The van der Waals surface area contributed by atoms with Crippen LogP contribution >= 0.6 is 0 Å². The lowest BCUT2D eigenvalue weighted by Crippen LogP contribution is -2.47. The first kappa shape index (κ1) is 16.9. The highest BCUT2D eigenvalue weighted by Gasteiger charge is 2.26. The Morgan fingerprint density at radius 3 is 2.13 bits per heavy atom. The van der Waals surface area contributed by atoms with Gasteiger partial charge in [-0.25, -0.2) is 0 Å². The van der Waals surface area contributed by atoms with Crippen LogP contribution in [0.15, 0.2) is 12.1 Å². The lowest BCUT2D eigenvalue weighted by atomic mass is 10.0. The van der Waals surface area contributed by atoms with Gasteiger partial charge in [-0.15, -0.1) is 0 Å². The molecule has 0 atom stereocenters. The number of amides is 2. The Hall–Kier alpha value is -2.44. The van der Waals surface area contributed by atoms with Crippen molar-refractivity contribution in [1.29, 1.82) is 0 Å². The number of nitrogens with one attached hydrogen (secondary N) is 1. The Balaban J connectivity index is 1.97. The minimum Gasteiger partial charge on any atom is -0.504 e. The summed E-state index contributed by atoms with van der Waals surface area (Å²) in [7, 11) is 0. The lowest BCUT2D eigenvalue weighted by Gasteiger charge is -2.32. The Morgan fingerprint density at radius 1 is 1.13 bits per heavy atom. The second kappa shape index (κ2) is 6.76. The van der Waals surface area contributed by atoms with Crippen molar-refractivity contribution in [3.05, 3.63) is 17.7 Å². The number of aromatic hydroxyl groups is 3. The van der Waals surface area contributed by atoms with Crippen molar-refractivity contribution in [3.63, 3.8) is 0 Å². The lowest BCUT2D eigenvalue weighted by molar-refractivity contribution is -0.124. The summed E-state index contributed by atoms with van der Waals surface area (Å²) in [6.45, 7) is 4.62. The number of likely N-dealkylation sites (tertiary alicyclic amines) is 1. The van der Waals surface area contributed by atoms with Gasteiger partial charge in [-0.3, -0.25) is 9.59 Å². The van der Waals surface area contributed by atoms with Gasteiger partial charge in [-0.2, -0.15) is 0 Å². The monoisotopic (exact) mass is 322 g/mol. The Morgan fingerprint density at radius 2 is 1.65 bits per heavy atom. The highest BCUT2D eigenvalue weighted by molar-refractivity contribution is 5.95. The Labute approximate surface area is 134 Å². The molecule has 0 saturated carbocycles. The van der Waals surface area contributed by atoms with Crippen LogP contribution in [0.5, 0.6) is 17.2 Å². The van der Waals surface area contributed by atoms with Crippen molar-refractivity contribution in [2.45, 2.75) is 32.7 Å². The smallest absolute Gasteiger partial charge is 0.254 e. The Kier molecular flexibility index (Phi) is 4.98. The van der Waals surface area contributed by atoms with Crippen molar-refractivity contribution in [1.82, 2.24) is 10.2 Å². The molecule has 1 fully saturated rings. The normalized spacial score (nSPS) is 15.7. The molecule has 1 aliphatic heterocycles. The summed E-state index contributed by atoms with van der Waals surface area (Å²) in [5, 5.41) is 31.3. The maximum Gasteiger partial charge on any atom is 0.254 e. The number of phenols is 3. The number of benzene rings is 1. The first-order valence-corrected chi connectivity index (χ1v) is 7.64. The molecule has 0 bridgehead atoms. The third-order valence-electron chi connectivity index (χ3n) is 3.97. The van der Waals surface area contributed by atoms with Crippen LogP contribution in [0.25, 0.3) is 0 Å². The van der Waals surface area contributed by atoms with E-state index < -0.39 is 17.2 Å². The molecule has 1 aromatic carbocycles. The minimum atomic E-state index is -0.642. The molecule has 0 unspecified atom stereocenters. The standard InChI is InChI=1S/C16H22N2O5/c1-9(2)15(22)17-11-3-5-18(6-4-11)16(23)10-7-12(19)14(21)13(20)8-10/h7-9,11,19-21H,3-6H2,1-2H3,(H,17,22). The van der Waals surface area contributed by atoms with Crippen LogP contribution in [0, 0.1) is 5.92 Å². The summed E-state index contributed by atoms with van der Waals surface area (Å²) in [4.78, 5) is 25.7. The van der Waals surface area contributed by atoms with Crippen LogP contribution in [0.2, 0.25) is 0 Å². The zero-order valence-electron chi connectivity index (χ0n) is 13.2. The maximum absolute atomic E-state index is 12.4. The summed E-state index contributed by atoms with van der Waals surface area (Å²) in [6, 6.07) is 2.31. The van der Waals surface area contributed by atoms with Crippen molar-refractivity contribution < 1.29 is 24.9 Å². The van der Waals surface area contributed by atoms with E-state index in [4.69, 9.17) is 0 Å². The summed E-state index contributed by atoms with van der Waals surface area (Å²) in [5.41, 5.74) is 0.113. The van der Waals surface area contributed by atoms with Crippen LogP contribution < -0.4 is 5.32 Å². The number of carbonyl (C=O) groups is 2. The molecule has 1 aliphatic rings. The minimum absolute atomic E-state index is 0.00292. The van der Waals surface area contributed by atoms with E-state index in [1.54, 1.807) is 4.90 Å². The predicted octanol–water partition coefficient (Wildman–Crippen LogP) is 1.18. The molecule has 0 radical (unpaired) electrons. The number of nitrogens with zero attached hydrogens (tertiary/aromatic N) is 1. The molecule has 2 amide bonds. The number of rotatable bonds is 3. The van der Waals surface area contributed by atoms with E-state index in [-0.39, 0.29) is 29.3 Å². The first-order chi connectivity index (χ1) is 10.8. The SMILES string of the molecule is CC(C)C(=O)NC1CCN(C(=O)c2cc(O)c(O)c(O)c2)CC1. The Bertz CT molecular complexity index is 583. The fourth-order valence-corrected chi connectivity index (χ4v) is 2.51. The highest BCUT2D eigenvalue weighted by Crippen LogP contribution is 2.35. The number of piperidine rings is 1. The fourth-order valence-electron chi connectivity index (χ4n) is 2.51. The van der Waals surface area contributed by atoms with Crippen LogP contribution in [0.1, 0.15) is 37.0 Å². The first-order valence-electron chi connectivity index (χ1n) is 7.64. The average Bonchev–Trinajstić information content (AvgIpc) is 2.52. The largest absolute Gasteiger partial charge is 0.504 e. The van der Waals surface area contributed by atoms with Gasteiger partial charge in [0.1, 0.15) is 0 Å². The summed E-state index contributed by atoms with van der Waals surface area (Å²) >= 11 is 0. The van der Waals surface area contributed by atoms with E-state index in [1.807, 2.05) is 13.8 Å². The molecule has 1 saturated heterocycles. The number of carbonyl (C=O) groups excluding carboxylic acids is 2. The second-order valence-corrected chi connectivity index (χ2v) is 6.09. The van der Waals surface area contributed by atoms with Gasteiger partial charge in [-0.05, 0) is 25.0 Å². The molecule has 0 aliphatic carbocycles. The third kappa shape index (κ3) is 3.85. The third-order valence-corrected chi connectivity index (χ3v) is 3.97. The van der Waals surface area contributed by atoms with Gasteiger partial charge in [0.15, 0.2) is 17.2 Å². The average molecular weight is 322 g/mol. The molecule has 1 heterocycles. The topological polar surface area (TPSA) is 110 Å². The molecular weight excluding hydrogens is 300 g/mol. The second-order valence-electron chi connectivity index (χ2n) is 6.09. The van der Waals surface area contributed by atoms with E-state index in [1.165, 1.54) is 0 Å². The van der Waals surface area contributed by atoms with Gasteiger partial charge in [0, 0.05) is 30.6 Å². The summed E-state index contributed by atoms with van der Waals surface area (Å²) in [5.74, 6) is -2.11. The fraction of sp³-hybridized carbons (Fsp3) is 0.500. The van der Waals surface area contributed by atoms with Crippen molar-refractivity contribution in [2.24, 2.45) is 5.92 Å². The molecule has 7 heteroatoms. The predicted molar refractivity (Wildman–Crippen MR) is 83.3 cm³/mol. The number of hydrogen-bond donors (Lipinski definition) is 4. The molecular formula is C16H22N2O5. The quantitative estimate of drug-likeness (QED) is 0.625. The van der Waals surface area contributed by atoms with E-state index >= 15 is 0 Å². The zero-order chi connectivity index (χ0) is 17.1. The highest BCUT2D eigenvalue weighted by atomic mass is 16.3. The van der Waals surface area contributed by atoms with Crippen molar-refractivity contribution in [2.75, 3.05) is 13.1 Å². The van der Waals surface area contributed by atoms with E-state index in [9.17, 15) is 24.9 Å². The van der Waals surface area contributed by atoms with E-state index in [0.29, 0.717) is 25.9 Å². The van der Waals surface area contributed by atoms with Gasteiger partial charge in [-0.1, -0.05) is 13.8 Å². The van der Waals surface area contributed by atoms with Gasteiger partial charge in [0.25, 0.3) is 5.91 Å². The molecule has 4 N–H and O–H groups in total. The van der Waals surface area contributed by atoms with Gasteiger partial charge in [0.05, 0.1) is 0 Å². The van der Waals surface area contributed by atoms with E-state index in [0.717, 1.165) is 12.1 Å². The number of phenolic OH excluding ortho intramolecular Hbond substituents is 3. The van der Waals surface area contributed by atoms with Gasteiger partial charge >= 0.3 is 0 Å². The van der Waals surface area contributed by atoms with Crippen LogP contribution in [0.4, 0.5) is 0 Å². The molecule has 7 nitrogen and oxygen atoms in total. The van der Waals surface area contributed by atoms with Crippen LogP contribution in [-0.4, -0.2) is 51.2 Å². The molecule has 0 spiro atoms. The van der Waals surface area contributed by atoms with Crippen molar-refractivity contribution >= 4 is 11.8 Å². The van der Waals surface area contributed by atoms with Crippen LogP contribution in [-0.2, 0) is 4.79 Å². The molecule has 1 aromatic rings. The zero-order valence-corrected chi connectivity index (χ0v) is 13.2. The molecule has 23 heavy (non-hydrogen) atoms. The summed E-state index contributed by atoms with van der Waals surface area (Å²) in [6.07, 6.45) is 1.31. The van der Waals surface area contributed by atoms with Crippen LogP contribution in [0.3, 0.4) is 0 Å². The number of hydrogen-bond acceptors (Lipinski definition) is 5. The summed E-state index contributed by atoms with van der Waals surface area (Å²) < 4.78 is 0. The maximum atomic E-state index is 12.4. The molecule has 126 valence electrons. The van der Waals surface area contributed by atoms with E-state index in [2.05, 4.69) is 5.32 Å². The molecule has 0 aromatic heterocycles.